The minimum atomic E-state index is -0.719. The number of rotatable bonds is 4. The average molecular weight is 214 g/mol. The number of likely N-dealkylation sites (tertiary alicyclic amines) is 1. The third-order valence-electron chi connectivity index (χ3n) is 3.37. The molecule has 1 aliphatic rings. The van der Waals surface area contributed by atoms with Crippen LogP contribution in [0.2, 0.25) is 0 Å². The third-order valence-corrected chi connectivity index (χ3v) is 3.37. The first-order valence-corrected chi connectivity index (χ1v) is 5.74. The van der Waals surface area contributed by atoms with Crippen LogP contribution in [-0.2, 0) is 4.79 Å². The average Bonchev–Trinajstić information content (AvgIpc) is 2.20. The van der Waals surface area contributed by atoms with E-state index in [-0.39, 0.29) is 5.92 Å². The summed E-state index contributed by atoms with van der Waals surface area (Å²) in [6.45, 7) is 5.18. The Kier molecular flexibility index (Phi) is 4.54. The molecule has 1 rings (SSSR count). The van der Waals surface area contributed by atoms with Crippen molar-refractivity contribution in [1.82, 2.24) is 4.90 Å². The van der Waals surface area contributed by atoms with Crippen LogP contribution < -0.4 is 5.73 Å². The van der Waals surface area contributed by atoms with Crippen molar-refractivity contribution in [3.63, 3.8) is 0 Å². The summed E-state index contributed by atoms with van der Waals surface area (Å²) >= 11 is 0. The Morgan fingerprint density at radius 1 is 1.60 bits per heavy atom. The molecule has 1 saturated heterocycles. The fourth-order valence-corrected chi connectivity index (χ4v) is 2.32. The molecule has 0 aliphatic carbocycles. The molecule has 4 heteroatoms. The Hall–Kier alpha value is -0.610. The topological polar surface area (TPSA) is 66.6 Å². The van der Waals surface area contributed by atoms with E-state index in [1.165, 1.54) is 6.42 Å². The quantitative estimate of drug-likeness (QED) is 0.730. The molecule has 1 heterocycles. The van der Waals surface area contributed by atoms with E-state index in [4.69, 9.17) is 10.8 Å². The molecule has 0 bridgehead atoms. The van der Waals surface area contributed by atoms with Crippen LogP contribution in [0.1, 0.15) is 33.1 Å². The zero-order valence-corrected chi connectivity index (χ0v) is 9.65. The monoisotopic (exact) mass is 214 g/mol. The molecule has 0 amide bonds. The molecule has 1 aliphatic heterocycles. The van der Waals surface area contributed by atoms with Crippen molar-refractivity contribution in [2.75, 3.05) is 13.1 Å². The number of hydrogen-bond acceptors (Lipinski definition) is 3. The first kappa shape index (κ1) is 12.5. The normalized spacial score (nSPS) is 30.1. The van der Waals surface area contributed by atoms with Crippen molar-refractivity contribution in [2.24, 2.45) is 11.7 Å². The van der Waals surface area contributed by atoms with Crippen LogP contribution in [0.3, 0.4) is 0 Å². The number of carboxylic acid groups (broad SMARTS) is 1. The molecule has 3 atom stereocenters. The van der Waals surface area contributed by atoms with E-state index < -0.39 is 5.97 Å². The van der Waals surface area contributed by atoms with Crippen LogP contribution in [0.4, 0.5) is 0 Å². The maximum atomic E-state index is 10.8. The summed E-state index contributed by atoms with van der Waals surface area (Å²) in [4.78, 5) is 13.1. The number of aliphatic carboxylic acids is 1. The van der Waals surface area contributed by atoms with Gasteiger partial charge in [0.15, 0.2) is 0 Å². The number of hydrogen-bond donors (Lipinski definition) is 2. The summed E-state index contributed by atoms with van der Waals surface area (Å²) in [6, 6.07) is 0.838. The molecule has 0 spiro atoms. The van der Waals surface area contributed by atoms with E-state index in [9.17, 15) is 4.79 Å². The molecule has 1 fully saturated rings. The van der Waals surface area contributed by atoms with Crippen molar-refractivity contribution in [2.45, 2.75) is 45.2 Å². The third kappa shape index (κ3) is 3.18. The first-order valence-electron chi connectivity index (χ1n) is 5.74. The second-order valence-corrected chi connectivity index (χ2v) is 4.61. The summed E-state index contributed by atoms with van der Waals surface area (Å²) < 4.78 is 0. The van der Waals surface area contributed by atoms with E-state index in [1.54, 1.807) is 6.92 Å². The van der Waals surface area contributed by atoms with Gasteiger partial charge in [0.1, 0.15) is 0 Å². The van der Waals surface area contributed by atoms with E-state index >= 15 is 0 Å². The Bertz CT molecular complexity index is 221. The zero-order chi connectivity index (χ0) is 11.4. The lowest BCUT2D eigenvalue weighted by molar-refractivity contribution is -0.142. The van der Waals surface area contributed by atoms with E-state index in [0.29, 0.717) is 25.2 Å². The predicted octanol–water partition coefficient (Wildman–Crippen LogP) is 0.909. The molecule has 4 nitrogen and oxygen atoms in total. The van der Waals surface area contributed by atoms with Gasteiger partial charge in [0.2, 0.25) is 0 Å². The van der Waals surface area contributed by atoms with Gasteiger partial charge in [-0.2, -0.15) is 0 Å². The molecule has 0 aromatic rings. The van der Waals surface area contributed by atoms with Crippen LogP contribution in [0.15, 0.2) is 0 Å². The SMILES string of the molecule is CC(CN1C(C)CCCC1CN)C(=O)O. The number of nitrogens with zero attached hydrogens (tertiary/aromatic N) is 1. The molecule has 0 radical (unpaired) electrons. The predicted molar refractivity (Wildman–Crippen MR) is 59.7 cm³/mol. The Morgan fingerprint density at radius 2 is 2.27 bits per heavy atom. The van der Waals surface area contributed by atoms with Gasteiger partial charge in [-0.25, -0.2) is 0 Å². The molecule has 88 valence electrons. The maximum absolute atomic E-state index is 10.8. The highest BCUT2D eigenvalue weighted by molar-refractivity contribution is 5.69. The molecule has 0 saturated carbocycles. The zero-order valence-electron chi connectivity index (χ0n) is 9.65. The second-order valence-electron chi connectivity index (χ2n) is 4.61. The van der Waals surface area contributed by atoms with E-state index in [2.05, 4.69) is 11.8 Å². The van der Waals surface area contributed by atoms with Crippen LogP contribution in [-0.4, -0.2) is 41.1 Å². The Balaban J connectivity index is 2.58. The minimum absolute atomic E-state index is 0.306. The van der Waals surface area contributed by atoms with Crippen molar-refractivity contribution in [1.29, 1.82) is 0 Å². The second kappa shape index (κ2) is 5.47. The van der Waals surface area contributed by atoms with Gasteiger partial charge >= 0.3 is 5.97 Å². The Morgan fingerprint density at radius 3 is 2.80 bits per heavy atom. The summed E-state index contributed by atoms with van der Waals surface area (Å²) in [6.07, 6.45) is 3.47. The van der Waals surface area contributed by atoms with Crippen LogP contribution >= 0.6 is 0 Å². The fourth-order valence-electron chi connectivity index (χ4n) is 2.32. The van der Waals surface area contributed by atoms with Gasteiger partial charge in [-0.15, -0.1) is 0 Å². The van der Waals surface area contributed by atoms with Gasteiger partial charge in [0.25, 0.3) is 0 Å². The fraction of sp³-hybridized carbons (Fsp3) is 0.909. The molecule has 3 unspecified atom stereocenters. The largest absolute Gasteiger partial charge is 0.481 e. The summed E-state index contributed by atoms with van der Waals surface area (Å²) in [5.74, 6) is -1.02. The van der Waals surface area contributed by atoms with Gasteiger partial charge in [0.05, 0.1) is 5.92 Å². The lowest BCUT2D eigenvalue weighted by atomic mass is 9.95. The number of nitrogens with two attached hydrogens (primary N) is 1. The van der Waals surface area contributed by atoms with Gasteiger partial charge < -0.3 is 10.8 Å². The highest BCUT2D eigenvalue weighted by Crippen LogP contribution is 2.23. The van der Waals surface area contributed by atoms with Crippen LogP contribution in [0.5, 0.6) is 0 Å². The van der Waals surface area contributed by atoms with E-state index in [0.717, 1.165) is 12.8 Å². The maximum Gasteiger partial charge on any atom is 0.307 e. The molecular weight excluding hydrogens is 192 g/mol. The first-order chi connectivity index (χ1) is 7.06. The van der Waals surface area contributed by atoms with Gasteiger partial charge in [0, 0.05) is 25.2 Å². The van der Waals surface area contributed by atoms with Gasteiger partial charge in [-0.3, -0.25) is 9.69 Å². The molecule has 0 aromatic carbocycles. The highest BCUT2D eigenvalue weighted by atomic mass is 16.4. The van der Waals surface area contributed by atoms with E-state index in [1.807, 2.05) is 0 Å². The van der Waals surface area contributed by atoms with Crippen LogP contribution in [0, 0.1) is 5.92 Å². The molecule has 3 N–H and O–H groups in total. The van der Waals surface area contributed by atoms with Crippen molar-refractivity contribution >= 4 is 5.97 Å². The summed E-state index contributed by atoms with van der Waals surface area (Å²) in [7, 11) is 0. The van der Waals surface area contributed by atoms with Crippen molar-refractivity contribution < 1.29 is 9.90 Å². The number of carbonyl (C=O) groups is 1. The van der Waals surface area contributed by atoms with Gasteiger partial charge in [-0.1, -0.05) is 13.3 Å². The van der Waals surface area contributed by atoms with Gasteiger partial charge in [-0.05, 0) is 19.8 Å². The Labute approximate surface area is 91.4 Å². The highest BCUT2D eigenvalue weighted by Gasteiger charge is 2.29. The molecule has 0 aromatic heterocycles. The summed E-state index contributed by atoms with van der Waals surface area (Å²) in [5.41, 5.74) is 5.72. The lowest BCUT2D eigenvalue weighted by Gasteiger charge is -2.41. The smallest absolute Gasteiger partial charge is 0.307 e. The molecular formula is C11H22N2O2. The lowest BCUT2D eigenvalue weighted by Crippen LogP contribution is -2.51. The summed E-state index contributed by atoms with van der Waals surface area (Å²) in [5, 5.41) is 8.90. The minimum Gasteiger partial charge on any atom is -0.481 e. The number of piperidine rings is 1. The van der Waals surface area contributed by atoms with Crippen molar-refractivity contribution in [3.05, 3.63) is 0 Å². The number of carboxylic acids is 1. The molecule has 15 heavy (non-hydrogen) atoms. The van der Waals surface area contributed by atoms with Crippen molar-refractivity contribution in [3.8, 4) is 0 Å². The van der Waals surface area contributed by atoms with Crippen LogP contribution in [0.25, 0.3) is 0 Å². The standard InChI is InChI=1S/C11H22N2O2/c1-8(11(14)15)7-13-9(2)4-3-5-10(13)6-12/h8-10H,3-7,12H2,1-2H3,(H,14,15).